The van der Waals surface area contributed by atoms with Gasteiger partial charge in [0.15, 0.2) is 0 Å². The van der Waals surface area contributed by atoms with Crippen molar-refractivity contribution in [3.8, 4) is 0 Å². The van der Waals surface area contributed by atoms with E-state index in [1.165, 1.54) is 27.8 Å². The molecule has 0 amide bonds. The van der Waals surface area contributed by atoms with Gasteiger partial charge in [-0.15, -0.1) is 11.3 Å². The van der Waals surface area contributed by atoms with E-state index in [0.717, 1.165) is 5.56 Å². The smallest absolute Gasteiger partial charge is 0.252 e. The van der Waals surface area contributed by atoms with Crippen LogP contribution in [0.3, 0.4) is 0 Å². The predicted molar refractivity (Wildman–Crippen MR) is 84.8 cm³/mol. The summed E-state index contributed by atoms with van der Waals surface area (Å²) in [5.74, 6) is -0.287. The molecule has 3 rings (SSSR count). The highest BCUT2D eigenvalue weighted by atomic mass is 32.2. The molecule has 1 atom stereocenters. The molecule has 0 saturated carbocycles. The number of sulfonamides is 1. The Balaban J connectivity index is 1.86. The van der Waals surface area contributed by atoms with Crippen LogP contribution in [0.25, 0.3) is 0 Å². The van der Waals surface area contributed by atoms with Gasteiger partial charge in [-0.25, -0.2) is 12.8 Å². The second-order valence-corrected chi connectivity index (χ2v) is 8.46. The second-order valence-electron chi connectivity index (χ2n) is 5.34. The fraction of sp³-hybridized carbons (Fsp3) is 0.333. The molecule has 22 heavy (non-hydrogen) atoms. The summed E-state index contributed by atoms with van der Waals surface area (Å²) in [5.41, 5.74) is 0.926. The fourth-order valence-corrected chi connectivity index (χ4v) is 5.23. The largest absolute Gasteiger partial charge is 0.297 e. The van der Waals surface area contributed by atoms with Crippen LogP contribution in [0.1, 0.15) is 11.6 Å². The molecule has 1 unspecified atom stereocenters. The maximum atomic E-state index is 13.1. The summed E-state index contributed by atoms with van der Waals surface area (Å²) in [4.78, 5) is 2.10. The van der Waals surface area contributed by atoms with Crippen molar-refractivity contribution < 1.29 is 12.8 Å². The topological polar surface area (TPSA) is 40.6 Å². The van der Waals surface area contributed by atoms with Crippen LogP contribution in [0.15, 0.2) is 46.0 Å². The minimum atomic E-state index is -3.44. The number of benzene rings is 1. The molecule has 118 valence electrons. The predicted octanol–water partition coefficient (Wildman–Crippen LogP) is 2.56. The van der Waals surface area contributed by atoms with Crippen molar-refractivity contribution in [3.05, 3.63) is 53.2 Å². The van der Waals surface area contributed by atoms with Crippen LogP contribution >= 0.6 is 11.3 Å². The number of halogens is 1. The fourth-order valence-electron chi connectivity index (χ4n) is 2.65. The summed E-state index contributed by atoms with van der Waals surface area (Å²) in [6, 6.07) is 9.57. The van der Waals surface area contributed by atoms with Gasteiger partial charge in [-0.1, -0.05) is 18.2 Å². The first-order chi connectivity index (χ1) is 10.5. The van der Waals surface area contributed by atoms with Crippen molar-refractivity contribution in [1.29, 1.82) is 0 Å². The summed E-state index contributed by atoms with van der Waals surface area (Å²) < 4.78 is 40.3. The molecule has 1 fully saturated rings. The van der Waals surface area contributed by atoms with E-state index >= 15 is 0 Å². The van der Waals surface area contributed by atoms with E-state index in [1.807, 2.05) is 7.05 Å². The Hall–Kier alpha value is -1.28. The van der Waals surface area contributed by atoms with Crippen molar-refractivity contribution in [2.45, 2.75) is 10.3 Å². The Kier molecular flexibility index (Phi) is 4.31. The van der Waals surface area contributed by atoms with Crippen molar-refractivity contribution in [3.63, 3.8) is 0 Å². The highest BCUT2D eigenvalue weighted by Gasteiger charge is 2.33. The normalized spacial score (nSPS) is 21.1. The lowest BCUT2D eigenvalue weighted by Crippen LogP contribution is -2.48. The van der Waals surface area contributed by atoms with E-state index < -0.39 is 10.0 Å². The Bertz CT molecular complexity index is 729. The average molecular weight is 340 g/mol. The molecule has 1 saturated heterocycles. The number of likely N-dealkylation sites (N-methyl/N-ethyl adjacent to an activating group) is 1. The van der Waals surface area contributed by atoms with E-state index in [-0.39, 0.29) is 11.9 Å². The number of hydrogen-bond acceptors (Lipinski definition) is 4. The number of nitrogens with zero attached hydrogens (tertiary/aromatic N) is 2. The van der Waals surface area contributed by atoms with Crippen LogP contribution < -0.4 is 0 Å². The third kappa shape index (κ3) is 2.94. The Morgan fingerprint density at radius 2 is 1.91 bits per heavy atom. The number of piperazine rings is 1. The summed E-state index contributed by atoms with van der Waals surface area (Å²) >= 11 is 1.23. The zero-order chi connectivity index (χ0) is 15.7. The number of rotatable bonds is 3. The Morgan fingerprint density at radius 3 is 2.55 bits per heavy atom. The van der Waals surface area contributed by atoms with Crippen molar-refractivity contribution >= 4 is 21.4 Å². The molecule has 0 spiro atoms. The van der Waals surface area contributed by atoms with Gasteiger partial charge in [0, 0.05) is 25.7 Å². The zero-order valence-corrected chi connectivity index (χ0v) is 13.8. The van der Waals surface area contributed by atoms with Gasteiger partial charge in [-0.05, 0) is 36.2 Å². The maximum Gasteiger partial charge on any atom is 0.252 e. The molecule has 1 aromatic heterocycles. The van der Waals surface area contributed by atoms with Crippen molar-refractivity contribution in [1.82, 2.24) is 9.21 Å². The van der Waals surface area contributed by atoms with E-state index in [2.05, 4.69) is 4.90 Å². The SMILES string of the molecule is CN1CCN(S(=O)(=O)c2cccs2)CC1c1ccc(F)cc1. The lowest BCUT2D eigenvalue weighted by atomic mass is 10.0. The van der Waals surface area contributed by atoms with Crippen LogP contribution in [0.2, 0.25) is 0 Å². The molecule has 1 aliphatic rings. The highest BCUT2D eigenvalue weighted by molar-refractivity contribution is 7.91. The molecule has 2 heterocycles. The van der Waals surface area contributed by atoms with Crippen molar-refractivity contribution in [2.24, 2.45) is 0 Å². The average Bonchev–Trinajstić information content (AvgIpc) is 3.03. The molecule has 2 aromatic rings. The Labute approximate surface area is 133 Å². The number of thiophene rings is 1. The monoisotopic (exact) mass is 340 g/mol. The summed E-state index contributed by atoms with van der Waals surface area (Å²) in [7, 11) is -1.48. The van der Waals surface area contributed by atoms with Crippen LogP contribution in [0, 0.1) is 5.82 Å². The van der Waals surface area contributed by atoms with Crippen LogP contribution in [0.4, 0.5) is 4.39 Å². The third-order valence-electron chi connectivity index (χ3n) is 3.95. The maximum absolute atomic E-state index is 13.1. The molecule has 1 aromatic carbocycles. The molecule has 1 aliphatic heterocycles. The van der Waals surface area contributed by atoms with Gasteiger partial charge in [0.05, 0.1) is 0 Å². The first-order valence-electron chi connectivity index (χ1n) is 6.98. The van der Waals surface area contributed by atoms with Gasteiger partial charge in [0.1, 0.15) is 10.0 Å². The van der Waals surface area contributed by atoms with E-state index in [1.54, 1.807) is 29.6 Å². The molecule has 0 radical (unpaired) electrons. The highest BCUT2D eigenvalue weighted by Crippen LogP contribution is 2.29. The van der Waals surface area contributed by atoms with E-state index in [9.17, 15) is 12.8 Å². The van der Waals surface area contributed by atoms with E-state index in [0.29, 0.717) is 23.8 Å². The van der Waals surface area contributed by atoms with Gasteiger partial charge in [0.25, 0.3) is 10.0 Å². The molecule has 0 N–H and O–H groups in total. The molecule has 4 nitrogen and oxygen atoms in total. The summed E-state index contributed by atoms with van der Waals surface area (Å²) in [6.45, 7) is 1.49. The third-order valence-corrected chi connectivity index (χ3v) is 7.19. The van der Waals surface area contributed by atoms with Crippen LogP contribution in [-0.2, 0) is 10.0 Å². The van der Waals surface area contributed by atoms with Gasteiger partial charge >= 0.3 is 0 Å². The summed E-state index contributed by atoms with van der Waals surface area (Å²) in [6.07, 6.45) is 0. The minimum absolute atomic E-state index is 0.0657. The first-order valence-corrected chi connectivity index (χ1v) is 9.30. The van der Waals surface area contributed by atoms with E-state index in [4.69, 9.17) is 0 Å². The van der Waals surface area contributed by atoms with Gasteiger partial charge in [-0.3, -0.25) is 4.90 Å². The standard InChI is InChI=1S/C15H17FN2O2S2/c1-17-8-9-18(22(19,20)15-3-2-10-21-15)11-14(17)12-4-6-13(16)7-5-12/h2-7,10,14H,8-9,11H2,1H3. The van der Waals surface area contributed by atoms with Crippen molar-refractivity contribution in [2.75, 3.05) is 26.7 Å². The molecule has 7 heteroatoms. The molecular formula is C15H17FN2O2S2. The second kappa shape index (κ2) is 6.08. The minimum Gasteiger partial charge on any atom is -0.297 e. The van der Waals surface area contributed by atoms with Gasteiger partial charge < -0.3 is 0 Å². The first kappa shape index (κ1) is 15.6. The van der Waals surface area contributed by atoms with Crippen LogP contribution in [-0.4, -0.2) is 44.3 Å². The molecule has 0 bridgehead atoms. The number of hydrogen-bond donors (Lipinski definition) is 0. The lowest BCUT2D eigenvalue weighted by Gasteiger charge is -2.38. The Morgan fingerprint density at radius 1 is 1.18 bits per heavy atom. The van der Waals surface area contributed by atoms with Gasteiger partial charge in [-0.2, -0.15) is 4.31 Å². The summed E-state index contributed by atoms with van der Waals surface area (Å²) in [5, 5.41) is 1.76. The zero-order valence-electron chi connectivity index (χ0n) is 12.1. The lowest BCUT2D eigenvalue weighted by molar-refractivity contribution is 0.148. The van der Waals surface area contributed by atoms with Gasteiger partial charge in [0.2, 0.25) is 0 Å². The molecular weight excluding hydrogens is 323 g/mol. The quantitative estimate of drug-likeness (QED) is 0.862. The van der Waals surface area contributed by atoms with Crippen LogP contribution in [0.5, 0.6) is 0 Å². The molecule has 0 aliphatic carbocycles.